The number of nitro benzene ring substituents is 1. The first-order chi connectivity index (χ1) is 15.9. The fourth-order valence-electron chi connectivity index (χ4n) is 5.98. The summed E-state index contributed by atoms with van der Waals surface area (Å²) < 4.78 is 0. The first-order valence-electron chi connectivity index (χ1n) is 11.8. The standard InChI is InChI=1S/C24H28N4O5/c29-22(26-16-4-2-1-3-5-16)18-13-17(28(32)33)8-9-19(18)25-10-11-27-23(30)20-14-6-7-15(12-14)21(20)24(27)31/h6-9,13-16,20-21,25H,1-5,10-12H2,(H,26,29)/t14-,15-,20-,21-/m0/s1. The van der Waals surface area contributed by atoms with Crippen molar-refractivity contribution in [3.63, 3.8) is 0 Å². The Labute approximate surface area is 191 Å². The number of fused-ring (bicyclic) bond motifs is 5. The highest BCUT2D eigenvalue weighted by Gasteiger charge is 2.58. The fourth-order valence-corrected chi connectivity index (χ4v) is 5.98. The average molecular weight is 453 g/mol. The van der Waals surface area contributed by atoms with Gasteiger partial charge in [-0.3, -0.25) is 29.4 Å². The van der Waals surface area contributed by atoms with Crippen LogP contribution in [0.25, 0.3) is 0 Å². The predicted octanol–water partition coefficient (Wildman–Crippen LogP) is 2.88. The van der Waals surface area contributed by atoms with Gasteiger partial charge in [0.15, 0.2) is 0 Å². The van der Waals surface area contributed by atoms with Gasteiger partial charge in [-0.15, -0.1) is 0 Å². The molecule has 0 unspecified atom stereocenters. The quantitative estimate of drug-likeness (QED) is 0.284. The van der Waals surface area contributed by atoms with Gasteiger partial charge in [0.05, 0.1) is 22.3 Å². The zero-order chi connectivity index (χ0) is 23.1. The minimum atomic E-state index is -0.524. The minimum absolute atomic E-state index is 0.0709. The Morgan fingerprint density at radius 2 is 1.73 bits per heavy atom. The Hall–Kier alpha value is -3.23. The Morgan fingerprint density at radius 3 is 2.36 bits per heavy atom. The maximum atomic E-state index is 12.9. The topological polar surface area (TPSA) is 122 Å². The molecule has 33 heavy (non-hydrogen) atoms. The lowest BCUT2D eigenvalue weighted by molar-refractivity contribution is -0.384. The van der Waals surface area contributed by atoms with E-state index in [4.69, 9.17) is 0 Å². The van der Waals surface area contributed by atoms with Gasteiger partial charge in [0.1, 0.15) is 0 Å². The number of amides is 3. The maximum Gasteiger partial charge on any atom is 0.270 e. The van der Waals surface area contributed by atoms with E-state index in [9.17, 15) is 24.5 Å². The average Bonchev–Trinajstić information content (AvgIpc) is 3.49. The van der Waals surface area contributed by atoms with Crippen molar-refractivity contribution in [2.45, 2.75) is 44.6 Å². The molecule has 1 aromatic rings. The summed E-state index contributed by atoms with van der Waals surface area (Å²) in [5, 5.41) is 17.4. The third kappa shape index (κ3) is 3.89. The lowest BCUT2D eigenvalue weighted by Gasteiger charge is -2.23. The molecule has 4 atom stereocenters. The van der Waals surface area contributed by atoms with Crippen LogP contribution in [0.1, 0.15) is 48.9 Å². The first kappa shape index (κ1) is 21.6. The molecule has 2 N–H and O–H groups in total. The van der Waals surface area contributed by atoms with Crippen LogP contribution in [0, 0.1) is 33.8 Å². The van der Waals surface area contributed by atoms with E-state index in [0.717, 1.165) is 38.5 Å². The molecule has 4 aliphatic rings. The van der Waals surface area contributed by atoms with Gasteiger partial charge in [-0.05, 0) is 37.2 Å². The van der Waals surface area contributed by atoms with Crippen LogP contribution in [0.15, 0.2) is 30.4 Å². The van der Waals surface area contributed by atoms with Crippen LogP contribution >= 0.6 is 0 Å². The van der Waals surface area contributed by atoms with Crippen LogP contribution in [-0.4, -0.2) is 46.7 Å². The van der Waals surface area contributed by atoms with Crippen molar-refractivity contribution in [2.24, 2.45) is 23.7 Å². The maximum absolute atomic E-state index is 12.9. The number of likely N-dealkylation sites (tertiary alicyclic amines) is 1. The second-order valence-corrected chi connectivity index (χ2v) is 9.55. The number of allylic oxidation sites excluding steroid dienone is 2. The normalized spacial score (nSPS) is 28.3. The number of carbonyl (C=O) groups is 3. The highest BCUT2D eigenvalue weighted by Crippen LogP contribution is 2.52. The number of nitrogens with zero attached hydrogens (tertiary/aromatic N) is 2. The second-order valence-electron chi connectivity index (χ2n) is 9.55. The zero-order valence-electron chi connectivity index (χ0n) is 18.4. The SMILES string of the molecule is O=C(NC1CCCCC1)c1cc([N+](=O)[O-])ccc1NCCN1C(=O)[C@@H]2[C@@H](C1=O)[C@H]1C=C[C@H]2C1. The van der Waals surface area contributed by atoms with Crippen molar-refractivity contribution in [1.82, 2.24) is 10.2 Å². The molecule has 2 saturated carbocycles. The van der Waals surface area contributed by atoms with E-state index in [1.54, 1.807) is 0 Å². The molecule has 9 nitrogen and oxygen atoms in total. The van der Waals surface area contributed by atoms with Crippen molar-refractivity contribution in [3.05, 3.63) is 46.0 Å². The summed E-state index contributed by atoms with van der Waals surface area (Å²) in [4.78, 5) is 50.7. The molecule has 3 aliphatic carbocycles. The van der Waals surface area contributed by atoms with E-state index in [1.165, 1.54) is 23.1 Å². The number of carbonyl (C=O) groups excluding carboxylic acids is 3. The van der Waals surface area contributed by atoms with Crippen LogP contribution in [-0.2, 0) is 9.59 Å². The Balaban J connectivity index is 1.26. The van der Waals surface area contributed by atoms with E-state index >= 15 is 0 Å². The Bertz CT molecular complexity index is 1000. The number of imide groups is 1. The van der Waals surface area contributed by atoms with Gasteiger partial charge in [0.25, 0.3) is 11.6 Å². The molecular formula is C24H28N4O5. The minimum Gasteiger partial charge on any atom is -0.383 e. The molecule has 3 amide bonds. The number of anilines is 1. The molecule has 5 rings (SSSR count). The predicted molar refractivity (Wildman–Crippen MR) is 120 cm³/mol. The van der Waals surface area contributed by atoms with Crippen LogP contribution < -0.4 is 10.6 Å². The van der Waals surface area contributed by atoms with Gasteiger partial charge in [0, 0.05) is 37.0 Å². The van der Waals surface area contributed by atoms with E-state index in [0.29, 0.717) is 5.69 Å². The molecule has 0 spiro atoms. The van der Waals surface area contributed by atoms with Gasteiger partial charge in [-0.25, -0.2) is 0 Å². The lowest BCUT2D eigenvalue weighted by Crippen LogP contribution is -2.37. The van der Waals surface area contributed by atoms with Crippen molar-refractivity contribution in [1.29, 1.82) is 0 Å². The number of hydrogen-bond donors (Lipinski definition) is 2. The van der Waals surface area contributed by atoms with Crippen molar-refractivity contribution in [3.8, 4) is 0 Å². The highest BCUT2D eigenvalue weighted by atomic mass is 16.6. The molecule has 3 fully saturated rings. The number of benzene rings is 1. The Kier molecular flexibility index (Phi) is 5.64. The number of nitro groups is 1. The highest BCUT2D eigenvalue weighted by molar-refractivity contribution is 6.06. The van der Waals surface area contributed by atoms with E-state index in [-0.39, 0.29) is 71.8 Å². The molecule has 0 radical (unpaired) electrons. The molecule has 1 saturated heterocycles. The van der Waals surface area contributed by atoms with E-state index < -0.39 is 4.92 Å². The number of rotatable bonds is 7. The van der Waals surface area contributed by atoms with Crippen LogP contribution in [0.5, 0.6) is 0 Å². The monoisotopic (exact) mass is 452 g/mol. The summed E-state index contributed by atoms with van der Waals surface area (Å²) in [5.41, 5.74) is 0.498. The van der Waals surface area contributed by atoms with Gasteiger partial charge < -0.3 is 10.6 Å². The molecule has 2 bridgehead atoms. The van der Waals surface area contributed by atoms with Gasteiger partial charge in [-0.1, -0.05) is 31.4 Å². The van der Waals surface area contributed by atoms with E-state index in [2.05, 4.69) is 22.8 Å². The molecule has 1 heterocycles. The van der Waals surface area contributed by atoms with Gasteiger partial charge in [0.2, 0.25) is 11.8 Å². The molecule has 9 heteroatoms. The van der Waals surface area contributed by atoms with Crippen molar-refractivity contribution >= 4 is 29.1 Å². The lowest BCUT2D eigenvalue weighted by atomic mass is 9.85. The molecule has 174 valence electrons. The summed E-state index contributed by atoms with van der Waals surface area (Å²) in [6.45, 7) is 0.464. The van der Waals surface area contributed by atoms with Crippen LogP contribution in [0.3, 0.4) is 0 Å². The summed E-state index contributed by atoms with van der Waals surface area (Å²) in [7, 11) is 0. The van der Waals surface area contributed by atoms with E-state index in [1.807, 2.05) is 0 Å². The summed E-state index contributed by atoms with van der Waals surface area (Å²) in [5.74, 6) is -0.699. The molecular weight excluding hydrogens is 424 g/mol. The molecule has 0 aromatic heterocycles. The van der Waals surface area contributed by atoms with Crippen molar-refractivity contribution < 1.29 is 19.3 Å². The third-order valence-corrected chi connectivity index (χ3v) is 7.61. The van der Waals surface area contributed by atoms with Crippen molar-refractivity contribution in [2.75, 3.05) is 18.4 Å². The largest absolute Gasteiger partial charge is 0.383 e. The molecule has 1 aromatic carbocycles. The van der Waals surface area contributed by atoms with Crippen LogP contribution in [0.2, 0.25) is 0 Å². The number of nitrogens with one attached hydrogen (secondary N) is 2. The summed E-state index contributed by atoms with van der Waals surface area (Å²) in [6.07, 6.45) is 10.1. The van der Waals surface area contributed by atoms with Gasteiger partial charge in [-0.2, -0.15) is 0 Å². The Morgan fingerprint density at radius 1 is 1.06 bits per heavy atom. The number of hydrogen-bond acceptors (Lipinski definition) is 6. The summed E-state index contributed by atoms with van der Waals surface area (Å²) >= 11 is 0. The zero-order valence-corrected chi connectivity index (χ0v) is 18.4. The second kappa shape index (κ2) is 8.61. The smallest absolute Gasteiger partial charge is 0.270 e. The molecule has 1 aliphatic heterocycles. The van der Waals surface area contributed by atoms with Crippen LogP contribution in [0.4, 0.5) is 11.4 Å². The third-order valence-electron chi connectivity index (χ3n) is 7.61. The first-order valence-corrected chi connectivity index (χ1v) is 11.8. The van der Waals surface area contributed by atoms with Gasteiger partial charge >= 0.3 is 0 Å². The fraction of sp³-hybridized carbons (Fsp3) is 0.542. The number of non-ortho nitro benzene ring substituents is 1. The summed E-state index contributed by atoms with van der Waals surface area (Å²) in [6, 6.07) is 4.21.